The quantitative estimate of drug-likeness (QED) is 0.579. The van der Waals surface area contributed by atoms with Gasteiger partial charge in [0.25, 0.3) is 0 Å². The molecule has 0 atom stereocenters. The third-order valence-corrected chi connectivity index (χ3v) is 2.27. The molecular formula is C4H4Br2Cl2O2. The highest BCUT2D eigenvalue weighted by atomic mass is 79.9. The molecule has 0 aliphatic carbocycles. The maximum absolute atomic E-state index is 9.68. The van der Waals surface area contributed by atoms with Gasteiger partial charge in [0.2, 0.25) is 9.93 Å². The second-order valence-electron chi connectivity index (χ2n) is 0.978. The third-order valence-electron chi connectivity index (χ3n) is 0.210. The molecule has 0 saturated heterocycles. The molecule has 0 rings (SSSR count). The van der Waals surface area contributed by atoms with Gasteiger partial charge in [-0.25, -0.2) is 0 Å². The summed E-state index contributed by atoms with van der Waals surface area (Å²) in [6.07, 6.45) is 0. The van der Waals surface area contributed by atoms with Crippen LogP contribution in [0.1, 0.15) is 0 Å². The summed E-state index contributed by atoms with van der Waals surface area (Å²) >= 11 is 15.2. The molecule has 6 heteroatoms. The van der Waals surface area contributed by atoms with Crippen LogP contribution in [0.5, 0.6) is 0 Å². The molecule has 0 bridgehead atoms. The number of alkyl halides is 2. The minimum atomic E-state index is -0.508. The summed E-state index contributed by atoms with van der Waals surface area (Å²) in [6, 6.07) is 0. The Balaban J connectivity index is 0. The largest absolute Gasteiger partial charge is 0.286 e. The van der Waals surface area contributed by atoms with E-state index >= 15 is 0 Å². The molecule has 0 spiro atoms. The molecule has 0 heterocycles. The van der Waals surface area contributed by atoms with E-state index in [1.165, 1.54) is 0 Å². The van der Waals surface area contributed by atoms with Crippen LogP contribution in [0.15, 0.2) is 0 Å². The monoisotopic (exact) mass is 312 g/mol. The normalized spacial score (nSPS) is 7.60. The summed E-state index contributed by atoms with van der Waals surface area (Å²) < 4.78 is -0.0162. The van der Waals surface area contributed by atoms with Crippen molar-refractivity contribution in [3.05, 3.63) is 0 Å². The Morgan fingerprint density at radius 3 is 1.60 bits per heavy atom. The zero-order valence-electron chi connectivity index (χ0n) is 4.74. The van der Waals surface area contributed by atoms with Gasteiger partial charge in [0.05, 0.1) is 11.2 Å². The molecule has 0 aromatic carbocycles. The van der Waals surface area contributed by atoms with Gasteiger partial charge >= 0.3 is 0 Å². The highest BCUT2D eigenvalue weighted by Crippen LogP contribution is 1.87. The van der Waals surface area contributed by atoms with Gasteiger partial charge in [-0.3, -0.25) is 9.59 Å². The Kier molecular flexibility index (Phi) is 13.3. The van der Waals surface area contributed by atoms with E-state index < -0.39 is 5.24 Å². The SMILES string of the molecule is O=C(Br)CBr.O=C(Cl)CCl. The first-order chi connectivity index (χ1) is 4.54. The van der Waals surface area contributed by atoms with E-state index in [0.717, 1.165) is 0 Å². The first-order valence-electron chi connectivity index (χ1n) is 2.03. The van der Waals surface area contributed by atoms with E-state index in [0.29, 0.717) is 5.33 Å². The summed E-state index contributed by atoms with van der Waals surface area (Å²) in [5.74, 6) is -0.0957. The van der Waals surface area contributed by atoms with Crippen molar-refractivity contribution in [2.75, 3.05) is 11.2 Å². The second-order valence-corrected chi connectivity index (χ2v) is 3.11. The molecule has 2 nitrogen and oxygen atoms in total. The van der Waals surface area contributed by atoms with Gasteiger partial charge in [0, 0.05) is 0 Å². The Labute approximate surface area is 85.5 Å². The summed E-state index contributed by atoms with van der Waals surface area (Å²) in [5, 5.41) is -0.112. The van der Waals surface area contributed by atoms with Crippen molar-refractivity contribution in [2.24, 2.45) is 0 Å². The molecule has 0 aromatic heterocycles. The van der Waals surface area contributed by atoms with Gasteiger partial charge in [0.15, 0.2) is 0 Å². The molecule has 0 unspecified atom stereocenters. The van der Waals surface area contributed by atoms with E-state index in [9.17, 15) is 9.59 Å². The molecule has 0 amide bonds. The van der Waals surface area contributed by atoms with Gasteiger partial charge in [0.1, 0.15) is 0 Å². The van der Waals surface area contributed by atoms with Gasteiger partial charge in [-0.05, 0) is 27.5 Å². The Morgan fingerprint density at radius 1 is 1.40 bits per heavy atom. The van der Waals surface area contributed by atoms with E-state index in [-0.39, 0.29) is 10.6 Å². The lowest BCUT2D eigenvalue weighted by atomic mass is 10.9. The maximum atomic E-state index is 9.68. The van der Waals surface area contributed by atoms with Gasteiger partial charge in [-0.1, -0.05) is 15.9 Å². The molecular weight excluding hydrogens is 311 g/mol. The molecule has 0 aliphatic rings. The minimum absolute atomic E-state index is 0.0162. The molecule has 0 aliphatic heterocycles. The lowest BCUT2D eigenvalue weighted by Crippen LogP contribution is -1.81. The van der Waals surface area contributed by atoms with Crippen molar-refractivity contribution < 1.29 is 9.59 Å². The number of hydrogen-bond donors (Lipinski definition) is 0. The lowest BCUT2D eigenvalue weighted by Gasteiger charge is -1.66. The average molecular weight is 315 g/mol. The van der Waals surface area contributed by atoms with Crippen LogP contribution >= 0.6 is 55.1 Å². The minimum Gasteiger partial charge on any atom is -0.286 e. The summed E-state index contributed by atoms with van der Waals surface area (Å²) in [5.41, 5.74) is 0. The number of hydrogen-bond acceptors (Lipinski definition) is 2. The highest BCUT2D eigenvalue weighted by Gasteiger charge is 1.83. The molecule has 0 fully saturated rings. The zero-order valence-corrected chi connectivity index (χ0v) is 9.43. The van der Waals surface area contributed by atoms with Gasteiger partial charge in [-0.2, -0.15) is 0 Å². The van der Waals surface area contributed by atoms with E-state index in [4.69, 9.17) is 23.2 Å². The number of halogens is 4. The van der Waals surface area contributed by atoms with Crippen LogP contribution in [0, 0.1) is 0 Å². The Hall–Kier alpha value is 0.880. The van der Waals surface area contributed by atoms with E-state index in [2.05, 4.69) is 31.9 Å². The van der Waals surface area contributed by atoms with Crippen LogP contribution in [-0.4, -0.2) is 21.1 Å². The molecule has 0 radical (unpaired) electrons. The fraction of sp³-hybridized carbons (Fsp3) is 0.500. The van der Waals surface area contributed by atoms with Crippen molar-refractivity contribution in [2.45, 2.75) is 0 Å². The predicted octanol–water partition coefficient (Wildman–Crippen LogP) is 2.29. The van der Waals surface area contributed by atoms with Gasteiger partial charge in [-0.15, -0.1) is 11.6 Å². The number of rotatable bonds is 2. The van der Waals surface area contributed by atoms with E-state index in [1.807, 2.05) is 0 Å². The van der Waals surface area contributed by atoms with Crippen LogP contribution in [0.3, 0.4) is 0 Å². The molecule has 0 saturated carbocycles. The Bertz CT molecular complexity index is 104. The fourth-order valence-electron chi connectivity index (χ4n) is 0. The average Bonchev–Trinajstić information content (AvgIpc) is 1.89. The highest BCUT2D eigenvalue weighted by molar-refractivity contribution is 9.19. The first-order valence-corrected chi connectivity index (χ1v) is 4.85. The van der Waals surface area contributed by atoms with Crippen LogP contribution in [-0.2, 0) is 9.59 Å². The number of carbonyl (C=O) groups excluding carboxylic acids is 2. The molecule has 0 aromatic rings. The summed E-state index contributed by atoms with van der Waals surface area (Å²) in [7, 11) is 0. The zero-order chi connectivity index (χ0) is 8.57. The van der Waals surface area contributed by atoms with Crippen molar-refractivity contribution in [1.82, 2.24) is 0 Å². The third kappa shape index (κ3) is 23.2. The van der Waals surface area contributed by atoms with Crippen molar-refractivity contribution in [3.63, 3.8) is 0 Å². The van der Waals surface area contributed by atoms with Crippen LogP contribution in [0.2, 0.25) is 0 Å². The second kappa shape index (κ2) is 9.88. The summed E-state index contributed by atoms with van der Waals surface area (Å²) in [6.45, 7) is 0. The standard InChI is InChI=1S/C2H2Br2O.C2H2Cl2O/c2*3-1-2(4)5/h2*1H2. The molecule has 10 heavy (non-hydrogen) atoms. The smallest absolute Gasteiger partial charge is 0.236 e. The van der Waals surface area contributed by atoms with E-state index in [1.54, 1.807) is 0 Å². The van der Waals surface area contributed by atoms with Crippen molar-refractivity contribution in [3.8, 4) is 0 Å². The van der Waals surface area contributed by atoms with Crippen LogP contribution < -0.4 is 0 Å². The lowest BCUT2D eigenvalue weighted by molar-refractivity contribution is -0.109. The molecule has 60 valence electrons. The predicted molar refractivity (Wildman–Crippen MR) is 49.3 cm³/mol. The first kappa shape index (κ1) is 13.5. The maximum Gasteiger partial charge on any atom is 0.236 e. The van der Waals surface area contributed by atoms with Crippen LogP contribution in [0.4, 0.5) is 0 Å². The molecule has 0 N–H and O–H groups in total. The van der Waals surface area contributed by atoms with Crippen molar-refractivity contribution >= 4 is 65.0 Å². The topological polar surface area (TPSA) is 34.1 Å². The number of carbonyl (C=O) groups is 2. The Morgan fingerprint density at radius 2 is 1.60 bits per heavy atom. The van der Waals surface area contributed by atoms with Crippen LogP contribution in [0.25, 0.3) is 0 Å². The summed E-state index contributed by atoms with van der Waals surface area (Å²) in [4.78, 5) is 19.1. The van der Waals surface area contributed by atoms with Gasteiger partial charge < -0.3 is 0 Å². The fourth-order valence-corrected chi connectivity index (χ4v) is 0. The van der Waals surface area contributed by atoms with Crippen molar-refractivity contribution in [1.29, 1.82) is 0 Å².